The van der Waals surface area contributed by atoms with Gasteiger partial charge in [0, 0.05) is 16.5 Å². The Labute approximate surface area is 237 Å². The maximum Gasteiger partial charge on any atom is 0.339 e. The number of ether oxygens (including phenoxy) is 1. The highest BCUT2D eigenvalue weighted by Gasteiger charge is 2.47. The lowest BCUT2D eigenvalue weighted by atomic mass is 9.85. The van der Waals surface area contributed by atoms with E-state index in [1.165, 1.54) is 4.90 Å². The van der Waals surface area contributed by atoms with E-state index in [0.717, 1.165) is 11.1 Å². The first kappa shape index (κ1) is 26.3. The molecule has 0 N–H and O–H groups in total. The molecule has 2 heterocycles. The largest absolute Gasteiger partial charge is 0.454 e. The van der Waals surface area contributed by atoms with E-state index in [4.69, 9.17) is 9.72 Å². The van der Waals surface area contributed by atoms with Crippen LogP contribution in [0.15, 0.2) is 84.9 Å². The number of aryl methyl sites for hydroxylation is 2. The molecule has 1 saturated heterocycles. The molecule has 0 radical (unpaired) electrons. The van der Waals surface area contributed by atoms with Gasteiger partial charge in [-0.1, -0.05) is 65.7 Å². The first-order valence-electron chi connectivity index (χ1n) is 13.6. The van der Waals surface area contributed by atoms with Crippen molar-refractivity contribution in [1.29, 1.82) is 0 Å². The first-order chi connectivity index (χ1) is 19.8. The smallest absolute Gasteiger partial charge is 0.339 e. The number of benzene rings is 3. The van der Waals surface area contributed by atoms with Crippen LogP contribution >= 0.6 is 0 Å². The van der Waals surface area contributed by atoms with Crippen molar-refractivity contribution >= 4 is 40.2 Å². The van der Waals surface area contributed by atoms with Gasteiger partial charge in [0.15, 0.2) is 12.4 Å². The molecule has 3 aromatic carbocycles. The summed E-state index contributed by atoms with van der Waals surface area (Å²) in [6.07, 6.45) is 5.10. The molecule has 6 rings (SSSR count). The number of Topliss-reactive ketones (excluding diaryl/α,β-unsaturated/α-hetero) is 1. The summed E-state index contributed by atoms with van der Waals surface area (Å²) in [5.41, 5.74) is 5.13. The summed E-state index contributed by atoms with van der Waals surface area (Å²) < 4.78 is 5.47. The van der Waals surface area contributed by atoms with Crippen molar-refractivity contribution in [3.05, 3.63) is 107 Å². The van der Waals surface area contributed by atoms with Crippen LogP contribution in [0.5, 0.6) is 0 Å². The molecule has 204 valence electrons. The number of ketones is 1. The van der Waals surface area contributed by atoms with Crippen LogP contribution in [0.25, 0.3) is 22.2 Å². The van der Waals surface area contributed by atoms with Crippen molar-refractivity contribution in [2.75, 3.05) is 11.5 Å². The predicted octanol–water partition coefficient (Wildman–Crippen LogP) is 6.01. The monoisotopic (exact) mass is 544 g/mol. The molecule has 7 heteroatoms. The van der Waals surface area contributed by atoms with Gasteiger partial charge >= 0.3 is 5.97 Å². The number of pyridine rings is 1. The quantitative estimate of drug-likeness (QED) is 0.128. The molecule has 1 aromatic heterocycles. The Morgan fingerprint density at radius 3 is 2.12 bits per heavy atom. The van der Waals surface area contributed by atoms with Crippen molar-refractivity contribution in [2.24, 2.45) is 11.8 Å². The fourth-order valence-corrected chi connectivity index (χ4v) is 5.52. The topological polar surface area (TPSA) is 93.6 Å². The molecule has 41 heavy (non-hydrogen) atoms. The Morgan fingerprint density at radius 2 is 1.46 bits per heavy atom. The lowest BCUT2D eigenvalue weighted by Gasteiger charge is -2.15. The fraction of sp³-hybridized carbons (Fsp3) is 0.206. The second kappa shape index (κ2) is 10.6. The number of hydrogen-bond donors (Lipinski definition) is 0. The Bertz CT molecular complexity index is 1710. The van der Waals surface area contributed by atoms with Crippen LogP contribution in [0, 0.1) is 25.7 Å². The molecule has 1 aliphatic carbocycles. The van der Waals surface area contributed by atoms with E-state index in [9.17, 15) is 19.2 Å². The number of allylic oxidation sites excluding steroid dienone is 2. The van der Waals surface area contributed by atoms with Crippen LogP contribution in [0.3, 0.4) is 0 Å². The number of imide groups is 1. The number of aromatic nitrogens is 1. The minimum absolute atomic E-state index is 0.165. The van der Waals surface area contributed by atoms with Gasteiger partial charge < -0.3 is 4.74 Å². The van der Waals surface area contributed by atoms with Crippen LogP contribution in [-0.2, 0) is 14.3 Å². The SMILES string of the molecule is Cc1ccc(C(=O)COC(=O)c2cc(-c3ccc(N4C(=O)[C@H]5CC=CC[C@@H]5C4=O)cc3)nc3ccc(C)cc23)cc1. The third-order valence-electron chi connectivity index (χ3n) is 7.82. The number of nitrogens with zero attached hydrogens (tertiary/aromatic N) is 2. The predicted molar refractivity (Wildman–Crippen MR) is 156 cm³/mol. The maximum atomic E-state index is 13.3. The molecule has 1 fully saturated rings. The van der Waals surface area contributed by atoms with Gasteiger partial charge in [0.1, 0.15) is 0 Å². The van der Waals surface area contributed by atoms with E-state index in [2.05, 4.69) is 0 Å². The zero-order chi connectivity index (χ0) is 28.7. The normalized spacial score (nSPS) is 18.0. The number of hydrogen-bond acceptors (Lipinski definition) is 6. The summed E-state index contributed by atoms with van der Waals surface area (Å²) in [4.78, 5) is 58.0. The van der Waals surface area contributed by atoms with Gasteiger partial charge in [-0.25, -0.2) is 9.78 Å². The van der Waals surface area contributed by atoms with Crippen LogP contribution in [0.1, 0.15) is 44.7 Å². The second-order valence-corrected chi connectivity index (χ2v) is 10.7. The van der Waals surface area contributed by atoms with E-state index in [-0.39, 0.29) is 36.0 Å². The number of fused-ring (bicyclic) bond motifs is 2. The second-order valence-electron chi connectivity index (χ2n) is 10.7. The molecule has 4 aromatic rings. The summed E-state index contributed by atoms with van der Waals surface area (Å²) in [5.74, 6) is -1.84. The number of carbonyl (C=O) groups is 4. The minimum atomic E-state index is -0.620. The fourth-order valence-electron chi connectivity index (χ4n) is 5.52. The molecule has 0 unspecified atom stereocenters. The van der Waals surface area contributed by atoms with Gasteiger partial charge in [-0.2, -0.15) is 0 Å². The highest BCUT2D eigenvalue weighted by atomic mass is 16.5. The van der Waals surface area contributed by atoms with Crippen LogP contribution in [0.4, 0.5) is 5.69 Å². The number of anilines is 1. The van der Waals surface area contributed by atoms with Crippen molar-refractivity contribution < 1.29 is 23.9 Å². The standard InChI is InChI=1S/C34H28N2O5/c1-20-7-10-23(11-8-20)31(37)19-41-34(40)28-18-30(35-29-16-9-21(2)17-27(28)29)22-12-14-24(15-13-22)36-32(38)25-5-3-4-6-26(25)33(36)39/h3-4,7-18,25-26H,5-6,19H2,1-2H3/t25-,26-/m0/s1. The average Bonchev–Trinajstić information content (AvgIpc) is 3.25. The van der Waals surface area contributed by atoms with Gasteiger partial charge in [0.05, 0.1) is 34.3 Å². The van der Waals surface area contributed by atoms with E-state index in [0.29, 0.717) is 51.8 Å². The zero-order valence-electron chi connectivity index (χ0n) is 22.8. The van der Waals surface area contributed by atoms with E-state index in [1.807, 2.05) is 56.3 Å². The summed E-state index contributed by atoms with van der Waals surface area (Å²) in [6, 6.07) is 21.4. The number of rotatable bonds is 6. The highest BCUT2D eigenvalue weighted by Crippen LogP contribution is 2.38. The van der Waals surface area contributed by atoms with Gasteiger partial charge in [-0.15, -0.1) is 0 Å². The summed E-state index contributed by atoms with van der Waals surface area (Å²) in [7, 11) is 0. The molecule has 0 saturated carbocycles. The Balaban J connectivity index is 1.28. The lowest BCUT2D eigenvalue weighted by molar-refractivity contribution is -0.122. The Morgan fingerprint density at radius 1 is 0.829 bits per heavy atom. The third-order valence-corrected chi connectivity index (χ3v) is 7.82. The summed E-state index contributed by atoms with van der Waals surface area (Å²) in [5, 5.41) is 0.627. The van der Waals surface area contributed by atoms with Gasteiger partial charge in [-0.05, 0) is 57.0 Å². The molecule has 2 amide bonds. The van der Waals surface area contributed by atoms with E-state index >= 15 is 0 Å². The summed E-state index contributed by atoms with van der Waals surface area (Å²) in [6.45, 7) is 3.48. The molecular weight excluding hydrogens is 516 g/mol. The summed E-state index contributed by atoms with van der Waals surface area (Å²) >= 11 is 0. The minimum Gasteiger partial charge on any atom is -0.454 e. The van der Waals surface area contributed by atoms with Crippen molar-refractivity contribution in [3.8, 4) is 11.3 Å². The molecule has 0 spiro atoms. The highest BCUT2D eigenvalue weighted by molar-refractivity contribution is 6.22. The van der Waals surface area contributed by atoms with E-state index < -0.39 is 5.97 Å². The van der Waals surface area contributed by atoms with Crippen molar-refractivity contribution in [1.82, 2.24) is 4.98 Å². The van der Waals surface area contributed by atoms with Gasteiger partial charge in [0.25, 0.3) is 0 Å². The Kier molecular flexibility index (Phi) is 6.79. The molecule has 2 atom stereocenters. The van der Waals surface area contributed by atoms with Gasteiger partial charge in [-0.3, -0.25) is 19.3 Å². The lowest BCUT2D eigenvalue weighted by Crippen LogP contribution is -2.30. The molecule has 1 aliphatic heterocycles. The van der Waals surface area contributed by atoms with Crippen molar-refractivity contribution in [3.63, 3.8) is 0 Å². The number of amides is 2. The average molecular weight is 545 g/mol. The van der Waals surface area contributed by atoms with Crippen LogP contribution < -0.4 is 4.90 Å². The first-order valence-corrected chi connectivity index (χ1v) is 13.6. The Hall–Kier alpha value is -4.91. The molecule has 0 bridgehead atoms. The van der Waals surface area contributed by atoms with E-state index in [1.54, 1.807) is 42.5 Å². The molecule has 2 aliphatic rings. The number of carbonyl (C=O) groups excluding carboxylic acids is 4. The van der Waals surface area contributed by atoms with Crippen LogP contribution in [-0.4, -0.2) is 35.2 Å². The third kappa shape index (κ3) is 4.95. The molecular formula is C34H28N2O5. The van der Waals surface area contributed by atoms with Gasteiger partial charge in [0.2, 0.25) is 11.8 Å². The molecule has 7 nitrogen and oxygen atoms in total. The zero-order valence-corrected chi connectivity index (χ0v) is 22.8. The van der Waals surface area contributed by atoms with Crippen molar-refractivity contribution in [2.45, 2.75) is 26.7 Å². The maximum absolute atomic E-state index is 13.3. The van der Waals surface area contributed by atoms with Crippen LogP contribution in [0.2, 0.25) is 0 Å². The number of esters is 1.